The molecule has 0 spiro atoms. The van der Waals surface area contributed by atoms with Gasteiger partial charge in [0.1, 0.15) is 16.2 Å². The van der Waals surface area contributed by atoms with Gasteiger partial charge in [-0.3, -0.25) is 0 Å². The number of hydrogen-bond donors (Lipinski definition) is 0. The maximum absolute atomic E-state index is 4.65. The molecule has 102 valence electrons. The van der Waals surface area contributed by atoms with E-state index in [1.165, 1.54) is 0 Å². The van der Waals surface area contributed by atoms with Crippen LogP contribution in [0.3, 0.4) is 0 Å². The van der Waals surface area contributed by atoms with Crippen molar-refractivity contribution in [2.45, 2.75) is 25.3 Å². The average Bonchev–Trinajstić information content (AvgIpc) is 2.87. The van der Waals surface area contributed by atoms with Gasteiger partial charge >= 0.3 is 0 Å². The minimum Gasteiger partial charge on any atom is -0.238 e. The Hall–Kier alpha value is -1.46. The lowest BCUT2D eigenvalue weighted by atomic mass is 10.1. The van der Waals surface area contributed by atoms with E-state index in [1.54, 1.807) is 23.1 Å². The number of aryl methyl sites for hydroxylation is 1. The molecule has 0 amide bonds. The highest BCUT2D eigenvalue weighted by molar-refractivity contribution is 7.99. The van der Waals surface area contributed by atoms with Crippen LogP contribution in [0.2, 0.25) is 0 Å². The molecule has 0 fully saturated rings. The van der Waals surface area contributed by atoms with E-state index in [-0.39, 0.29) is 0 Å². The number of thioether (sulfide) groups is 1. The van der Waals surface area contributed by atoms with Gasteiger partial charge in [0.15, 0.2) is 0 Å². The summed E-state index contributed by atoms with van der Waals surface area (Å²) in [5.41, 5.74) is 3.03. The van der Waals surface area contributed by atoms with Gasteiger partial charge in [0.2, 0.25) is 0 Å². The highest BCUT2D eigenvalue weighted by Gasteiger charge is 2.15. The number of rotatable bonds is 4. The summed E-state index contributed by atoms with van der Waals surface area (Å²) in [5.74, 6) is 1.05. The third-order valence-corrected chi connectivity index (χ3v) is 5.02. The third-order valence-electron chi connectivity index (χ3n) is 2.88. The Balaban J connectivity index is 2.16. The Morgan fingerprint density at radius 3 is 2.70 bits per heavy atom. The fraction of sp³-hybridized carbons (Fsp3) is 0.267. The predicted molar refractivity (Wildman–Crippen MR) is 86.4 cm³/mol. The van der Waals surface area contributed by atoms with E-state index in [2.05, 4.69) is 34.2 Å². The summed E-state index contributed by atoms with van der Waals surface area (Å²) in [7, 11) is 0. The van der Waals surface area contributed by atoms with Crippen molar-refractivity contribution in [1.82, 2.24) is 15.2 Å². The summed E-state index contributed by atoms with van der Waals surface area (Å²) in [6.45, 7) is 4.20. The van der Waals surface area contributed by atoms with Gasteiger partial charge in [0.25, 0.3) is 0 Å². The molecule has 3 nitrogen and oxygen atoms in total. The molecule has 2 heterocycles. The second-order valence-electron chi connectivity index (χ2n) is 4.48. The summed E-state index contributed by atoms with van der Waals surface area (Å²) in [5, 5.41) is 10.8. The van der Waals surface area contributed by atoms with E-state index in [0.717, 1.165) is 43.7 Å². The van der Waals surface area contributed by atoms with Gasteiger partial charge in [-0.25, -0.2) is 4.98 Å². The lowest BCUT2D eigenvalue weighted by Crippen LogP contribution is -1.92. The van der Waals surface area contributed by atoms with Crippen LogP contribution in [0.15, 0.2) is 35.4 Å². The molecule has 2 aromatic heterocycles. The van der Waals surface area contributed by atoms with Gasteiger partial charge in [0.05, 0.1) is 9.71 Å². The molecule has 0 unspecified atom stereocenters. The Kier molecular flexibility index (Phi) is 3.98. The molecule has 0 aliphatic carbocycles. The number of benzene rings is 1. The van der Waals surface area contributed by atoms with Crippen molar-refractivity contribution in [3.63, 3.8) is 0 Å². The summed E-state index contributed by atoms with van der Waals surface area (Å²) in [6, 6.07) is 10.2. The highest BCUT2D eigenvalue weighted by atomic mass is 32.2. The van der Waals surface area contributed by atoms with Crippen molar-refractivity contribution in [3.05, 3.63) is 35.3 Å². The van der Waals surface area contributed by atoms with Gasteiger partial charge in [-0.1, -0.05) is 37.3 Å². The van der Waals surface area contributed by atoms with Crippen molar-refractivity contribution in [1.29, 1.82) is 0 Å². The normalized spacial score (nSPS) is 11.1. The molecule has 0 bridgehead atoms. The molecule has 0 saturated carbocycles. The number of thiazole rings is 1. The Bertz CT molecular complexity index is 723. The summed E-state index contributed by atoms with van der Waals surface area (Å²) in [6.07, 6.45) is 1.12. The Morgan fingerprint density at radius 2 is 1.95 bits per heavy atom. The smallest absolute Gasteiger partial charge is 0.146 e. The lowest BCUT2D eigenvalue weighted by molar-refractivity contribution is 0.952. The summed E-state index contributed by atoms with van der Waals surface area (Å²) < 4.78 is 1.14. The molecule has 3 rings (SSSR count). The number of fused-ring (bicyclic) bond motifs is 1. The van der Waals surface area contributed by atoms with Crippen LogP contribution in [0.1, 0.15) is 18.4 Å². The van der Waals surface area contributed by atoms with Crippen molar-refractivity contribution in [2.24, 2.45) is 0 Å². The molecule has 0 saturated heterocycles. The van der Waals surface area contributed by atoms with Crippen LogP contribution in [0, 0.1) is 6.92 Å². The van der Waals surface area contributed by atoms with Crippen LogP contribution < -0.4 is 0 Å². The van der Waals surface area contributed by atoms with Crippen molar-refractivity contribution < 1.29 is 0 Å². The van der Waals surface area contributed by atoms with Crippen LogP contribution in [-0.4, -0.2) is 20.9 Å². The van der Waals surface area contributed by atoms with Crippen LogP contribution in [0.25, 0.3) is 21.5 Å². The van der Waals surface area contributed by atoms with Crippen molar-refractivity contribution in [2.75, 3.05) is 5.75 Å². The second-order valence-corrected chi connectivity index (χ2v) is 6.77. The monoisotopic (exact) mass is 301 g/mol. The molecular weight excluding hydrogens is 286 g/mol. The SMILES string of the molecule is CCCSc1nnc(-c2ccccc2)c2sc(C)nc12. The second kappa shape index (κ2) is 5.89. The summed E-state index contributed by atoms with van der Waals surface area (Å²) in [4.78, 5) is 4.65. The first kappa shape index (κ1) is 13.5. The number of nitrogens with zero attached hydrogens (tertiary/aromatic N) is 3. The van der Waals surface area contributed by atoms with E-state index in [1.807, 2.05) is 25.1 Å². The molecule has 0 aliphatic rings. The number of hydrogen-bond acceptors (Lipinski definition) is 5. The van der Waals surface area contributed by atoms with Gasteiger partial charge in [0, 0.05) is 5.56 Å². The Labute approximate surface area is 126 Å². The standard InChI is InChI=1S/C15H15N3S2/c1-3-9-19-15-13-14(20-10(2)16-13)12(17-18-15)11-7-5-4-6-8-11/h4-8H,3,9H2,1-2H3. The average molecular weight is 301 g/mol. The third kappa shape index (κ3) is 2.55. The summed E-state index contributed by atoms with van der Waals surface area (Å²) >= 11 is 3.43. The van der Waals surface area contributed by atoms with E-state index in [9.17, 15) is 0 Å². The first-order valence-corrected chi connectivity index (χ1v) is 8.42. The molecule has 5 heteroatoms. The minimum absolute atomic E-state index is 0.937. The zero-order valence-corrected chi connectivity index (χ0v) is 13.1. The predicted octanol–water partition coefficient (Wildman–Crippen LogP) is 4.56. The van der Waals surface area contributed by atoms with Crippen molar-refractivity contribution >= 4 is 33.3 Å². The quantitative estimate of drug-likeness (QED) is 0.662. The molecule has 0 atom stereocenters. The van der Waals surface area contributed by atoms with Gasteiger partial charge in [-0.2, -0.15) is 0 Å². The largest absolute Gasteiger partial charge is 0.238 e. The van der Waals surface area contributed by atoms with E-state index in [4.69, 9.17) is 0 Å². The molecule has 1 aromatic carbocycles. The van der Waals surface area contributed by atoms with Gasteiger partial charge in [-0.15, -0.1) is 33.3 Å². The lowest BCUT2D eigenvalue weighted by Gasteiger charge is -2.04. The first-order valence-electron chi connectivity index (χ1n) is 6.61. The van der Waals surface area contributed by atoms with Crippen LogP contribution in [0.4, 0.5) is 0 Å². The Morgan fingerprint density at radius 1 is 1.15 bits per heavy atom. The molecular formula is C15H15N3S2. The van der Waals surface area contributed by atoms with Crippen LogP contribution >= 0.6 is 23.1 Å². The maximum atomic E-state index is 4.65. The zero-order chi connectivity index (χ0) is 13.9. The van der Waals surface area contributed by atoms with E-state index >= 15 is 0 Å². The van der Waals surface area contributed by atoms with Gasteiger partial charge in [-0.05, 0) is 19.1 Å². The highest BCUT2D eigenvalue weighted by Crippen LogP contribution is 2.35. The van der Waals surface area contributed by atoms with Crippen LogP contribution in [0.5, 0.6) is 0 Å². The fourth-order valence-corrected chi connectivity index (χ4v) is 3.77. The zero-order valence-electron chi connectivity index (χ0n) is 11.5. The molecule has 20 heavy (non-hydrogen) atoms. The van der Waals surface area contributed by atoms with Crippen molar-refractivity contribution in [3.8, 4) is 11.3 Å². The first-order chi connectivity index (χ1) is 9.79. The van der Waals surface area contributed by atoms with E-state index in [0.29, 0.717) is 0 Å². The van der Waals surface area contributed by atoms with E-state index < -0.39 is 0 Å². The van der Waals surface area contributed by atoms with Crippen LogP contribution in [-0.2, 0) is 0 Å². The molecule has 0 N–H and O–H groups in total. The minimum atomic E-state index is 0.937. The molecule has 0 radical (unpaired) electrons. The molecule has 0 aliphatic heterocycles. The topological polar surface area (TPSA) is 38.7 Å². The number of aromatic nitrogens is 3. The van der Waals surface area contributed by atoms with Gasteiger partial charge < -0.3 is 0 Å². The fourth-order valence-electron chi connectivity index (χ4n) is 2.00. The molecule has 3 aromatic rings. The maximum Gasteiger partial charge on any atom is 0.146 e.